The normalized spacial score (nSPS) is 17.2. The molecule has 0 radical (unpaired) electrons. The maximum atomic E-state index is 13.2. The predicted molar refractivity (Wildman–Crippen MR) is 107 cm³/mol. The molecule has 4 nitrogen and oxygen atoms in total. The number of para-hydroxylation sites is 1. The van der Waals surface area contributed by atoms with Crippen molar-refractivity contribution in [2.45, 2.75) is 19.3 Å². The molecule has 4 heteroatoms. The second-order valence-corrected chi connectivity index (χ2v) is 7.39. The van der Waals surface area contributed by atoms with E-state index in [9.17, 15) is 9.59 Å². The van der Waals surface area contributed by atoms with E-state index in [1.807, 2.05) is 77.3 Å². The molecule has 27 heavy (non-hydrogen) atoms. The van der Waals surface area contributed by atoms with Gasteiger partial charge in [-0.05, 0) is 24.5 Å². The Morgan fingerprint density at radius 1 is 1.04 bits per heavy atom. The maximum absolute atomic E-state index is 13.2. The minimum atomic E-state index is -0.0714. The number of piperidine rings is 1. The number of nitrogens with zero attached hydrogens (tertiary/aromatic N) is 2. The number of carbonyl (C=O) groups excluding carboxylic acids is 2. The Labute approximate surface area is 159 Å². The molecule has 1 aliphatic rings. The molecule has 0 bridgehead atoms. The van der Waals surface area contributed by atoms with E-state index in [0.29, 0.717) is 13.0 Å². The van der Waals surface area contributed by atoms with E-state index in [2.05, 4.69) is 0 Å². The van der Waals surface area contributed by atoms with Gasteiger partial charge in [0.2, 0.25) is 0 Å². The lowest BCUT2D eigenvalue weighted by molar-refractivity contribution is -0.123. The molecule has 1 aromatic heterocycles. The van der Waals surface area contributed by atoms with Crippen LogP contribution in [0.2, 0.25) is 0 Å². The topological polar surface area (TPSA) is 42.3 Å². The molecule has 2 aromatic carbocycles. The van der Waals surface area contributed by atoms with Crippen LogP contribution in [0, 0.1) is 5.92 Å². The maximum Gasteiger partial charge on any atom is 0.256 e. The fourth-order valence-electron chi connectivity index (χ4n) is 4.05. The Kier molecular flexibility index (Phi) is 4.80. The Morgan fingerprint density at radius 2 is 1.78 bits per heavy atom. The quantitative estimate of drug-likeness (QED) is 0.709. The third-order valence-electron chi connectivity index (χ3n) is 5.51. The molecular weight excluding hydrogens is 336 g/mol. The van der Waals surface area contributed by atoms with Gasteiger partial charge in [-0.15, -0.1) is 0 Å². The molecule has 0 saturated carbocycles. The van der Waals surface area contributed by atoms with Crippen molar-refractivity contribution < 1.29 is 9.59 Å². The van der Waals surface area contributed by atoms with Gasteiger partial charge in [0.05, 0.1) is 5.56 Å². The summed E-state index contributed by atoms with van der Waals surface area (Å²) >= 11 is 0. The van der Waals surface area contributed by atoms with Crippen molar-refractivity contribution in [3.05, 3.63) is 71.9 Å². The number of hydrogen-bond donors (Lipinski definition) is 0. The number of amides is 1. The number of rotatable bonds is 4. The van der Waals surface area contributed by atoms with E-state index in [1.54, 1.807) is 0 Å². The van der Waals surface area contributed by atoms with Gasteiger partial charge in [-0.3, -0.25) is 9.59 Å². The van der Waals surface area contributed by atoms with E-state index in [4.69, 9.17) is 0 Å². The SMILES string of the molecule is Cn1cc(C(=O)N2CCC[C@@H](C(=O)Cc3ccccc3)C2)c2ccccc21. The number of aromatic nitrogens is 1. The first-order chi connectivity index (χ1) is 13.1. The number of fused-ring (bicyclic) bond motifs is 1. The van der Waals surface area contributed by atoms with Crippen LogP contribution in [0.25, 0.3) is 10.9 Å². The molecule has 1 fully saturated rings. The van der Waals surface area contributed by atoms with Crippen molar-refractivity contribution in [2.24, 2.45) is 13.0 Å². The Morgan fingerprint density at radius 3 is 2.59 bits per heavy atom. The molecule has 1 aliphatic heterocycles. The van der Waals surface area contributed by atoms with Crippen LogP contribution >= 0.6 is 0 Å². The standard InChI is InChI=1S/C23H24N2O2/c1-24-16-20(19-11-5-6-12-21(19)24)23(27)25-13-7-10-18(15-25)22(26)14-17-8-3-2-4-9-17/h2-6,8-9,11-12,16,18H,7,10,13-15H2,1H3/t18-/m1/s1. The molecule has 138 valence electrons. The second kappa shape index (κ2) is 7.39. The predicted octanol–water partition coefficient (Wildman–Crippen LogP) is 3.84. The molecule has 0 unspecified atom stereocenters. The zero-order chi connectivity index (χ0) is 18.8. The van der Waals surface area contributed by atoms with Gasteiger partial charge in [0.15, 0.2) is 0 Å². The van der Waals surface area contributed by atoms with Crippen LogP contribution < -0.4 is 0 Å². The largest absolute Gasteiger partial charge is 0.350 e. The molecule has 4 rings (SSSR count). The fraction of sp³-hybridized carbons (Fsp3) is 0.304. The number of Topliss-reactive ketones (excluding diaryl/α,β-unsaturated/α-hetero) is 1. The van der Waals surface area contributed by atoms with Crippen molar-refractivity contribution >= 4 is 22.6 Å². The van der Waals surface area contributed by atoms with Crippen molar-refractivity contribution in [1.82, 2.24) is 9.47 Å². The molecule has 2 heterocycles. The van der Waals surface area contributed by atoms with E-state index in [1.165, 1.54) is 0 Å². The van der Waals surface area contributed by atoms with Crippen LogP contribution in [0.4, 0.5) is 0 Å². The molecule has 1 amide bonds. The lowest BCUT2D eigenvalue weighted by Gasteiger charge is -2.32. The van der Waals surface area contributed by atoms with Gasteiger partial charge in [0, 0.05) is 49.6 Å². The summed E-state index contributed by atoms with van der Waals surface area (Å²) in [5.74, 6) is 0.193. The lowest BCUT2D eigenvalue weighted by atomic mass is 9.90. The van der Waals surface area contributed by atoms with Crippen LogP contribution in [-0.4, -0.2) is 34.2 Å². The van der Waals surface area contributed by atoms with E-state index in [-0.39, 0.29) is 17.6 Å². The first-order valence-corrected chi connectivity index (χ1v) is 9.53. The molecule has 3 aromatic rings. The number of benzene rings is 2. The van der Waals surface area contributed by atoms with Gasteiger partial charge in [-0.2, -0.15) is 0 Å². The fourth-order valence-corrected chi connectivity index (χ4v) is 4.05. The van der Waals surface area contributed by atoms with Gasteiger partial charge in [0.25, 0.3) is 5.91 Å². The number of likely N-dealkylation sites (tertiary alicyclic amines) is 1. The summed E-state index contributed by atoms with van der Waals surface area (Å²) in [6.07, 6.45) is 4.09. The molecule has 0 N–H and O–H groups in total. The average Bonchev–Trinajstić information content (AvgIpc) is 3.05. The molecule has 0 aliphatic carbocycles. The van der Waals surface area contributed by atoms with Gasteiger partial charge >= 0.3 is 0 Å². The van der Waals surface area contributed by atoms with E-state index >= 15 is 0 Å². The highest BCUT2D eigenvalue weighted by Gasteiger charge is 2.29. The summed E-state index contributed by atoms with van der Waals surface area (Å²) in [5, 5.41) is 0.975. The first kappa shape index (κ1) is 17.5. The highest BCUT2D eigenvalue weighted by atomic mass is 16.2. The smallest absolute Gasteiger partial charge is 0.256 e. The summed E-state index contributed by atoms with van der Waals surface area (Å²) in [7, 11) is 1.96. The van der Waals surface area contributed by atoms with Crippen molar-refractivity contribution in [1.29, 1.82) is 0 Å². The highest BCUT2D eigenvalue weighted by Crippen LogP contribution is 2.25. The average molecular weight is 360 g/mol. The van der Waals surface area contributed by atoms with Crippen LogP contribution in [-0.2, 0) is 18.3 Å². The first-order valence-electron chi connectivity index (χ1n) is 9.53. The summed E-state index contributed by atoms with van der Waals surface area (Å²) in [5.41, 5.74) is 2.82. The minimum Gasteiger partial charge on any atom is -0.350 e. The van der Waals surface area contributed by atoms with E-state index < -0.39 is 0 Å². The number of hydrogen-bond acceptors (Lipinski definition) is 2. The summed E-state index contributed by atoms with van der Waals surface area (Å²) in [6.45, 7) is 1.24. The molecule has 1 saturated heterocycles. The molecule has 1 atom stereocenters. The monoisotopic (exact) mass is 360 g/mol. The minimum absolute atomic E-state index is 0.0315. The van der Waals surface area contributed by atoms with Crippen LogP contribution in [0.5, 0.6) is 0 Å². The Hall–Kier alpha value is -2.88. The van der Waals surface area contributed by atoms with E-state index in [0.717, 1.165) is 41.4 Å². The molecular formula is C23H24N2O2. The summed E-state index contributed by atoms with van der Waals surface area (Å²) in [4.78, 5) is 27.8. The van der Waals surface area contributed by atoms with Crippen molar-refractivity contribution in [3.8, 4) is 0 Å². The molecule has 0 spiro atoms. The summed E-state index contributed by atoms with van der Waals surface area (Å²) < 4.78 is 1.99. The van der Waals surface area contributed by atoms with Crippen LogP contribution in [0.3, 0.4) is 0 Å². The number of ketones is 1. The highest BCUT2D eigenvalue weighted by molar-refractivity contribution is 6.07. The number of aryl methyl sites for hydroxylation is 1. The van der Waals surface area contributed by atoms with Crippen LogP contribution in [0.1, 0.15) is 28.8 Å². The van der Waals surface area contributed by atoms with Crippen molar-refractivity contribution in [3.63, 3.8) is 0 Å². The summed E-state index contributed by atoms with van der Waals surface area (Å²) in [6, 6.07) is 17.8. The third kappa shape index (κ3) is 3.52. The Bertz CT molecular complexity index is 974. The van der Waals surface area contributed by atoms with Gasteiger partial charge in [0.1, 0.15) is 5.78 Å². The van der Waals surface area contributed by atoms with Crippen molar-refractivity contribution in [2.75, 3.05) is 13.1 Å². The van der Waals surface area contributed by atoms with Gasteiger partial charge < -0.3 is 9.47 Å². The lowest BCUT2D eigenvalue weighted by Crippen LogP contribution is -2.42. The third-order valence-corrected chi connectivity index (χ3v) is 5.51. The van der Waals surface area contributed by atoms with Gasteiger partial charge in [-0.1, -0.05) is 48.5 Å². The second-order valence-electron chi connectivity index (χ2n) is 7.39. The van der Waals surface area contributed by atoms with Gasteiger partial charge in [-0.25, -0.2) is 0 Å². The number of carbonyl (C=O) groups is 2. The van der Waals surface area contributed by atoms with Crippen LogP contribution in [0.15, 0.2) is 60.8 Å². The zero-order valence-corrected chi connectivity index (χ0v) is 15.6. The Balaban J connectivity index is 1.50. The zero-order valence-electron chi connectivity index (χ0n) is 15.6.